The van der Waals surface area contributed by atoms with Crippen molar-refractivity contribution >= 4 is 40.6 Å². The Hall–Kier alpha value is -4.82. The molecule has 220 valence electrons. The van der Waals surface area contributed by atoms with Crippen LogP contribution in [0.1, 0.15) is 34.5 Å². The van der Waals surface area contributed by atoms with Gasteiger partial charge >= 0.3 is 12.1 Å². The summed E-state index contributed by atoms with van der Waals surface area (Å²) in [6.45, 7) is 2.27. The van der Waals surface area contributed by atoms with Gasteiger partial charge in [0.05, 0.1) is 0 Å². The van der Waals surface area contributed by atoms with Crippen molar-refractivity contribution in [2.75, 3.05) is 31.5 Å². The zero-order chi connectivity index (χ0) is 30.5. The highest BCUT2D eigenvalue weighted by atomic mass is 19.4. The predicted octanol–water partition coefficient (Wildman–Crippen LogP) is 3.01. The molecule has 0 spiro atoms. The Morgan fingerprint density at radius 3 is 1.95 bits per heavy atom. The highest BCUT2D eigenvalue weighted by Crippen LogP contribution is 2.28. The van der Waals surface area contributed by atoms with Crippen molar-refractivity contribution in [2.45, 2.75) is 19.0 Å². The Labute approximate surface area is 232 Å². The summed E-state index contributed by atoms with van der Waals surface area (Å²) in [4.78, 5) is 25.3. The van der Waals surface area contributed by atoms with Crippen molar-refractivity contribution in [3.8, 4) is 0 Å². The van der Waals surface area contributed by atoms with Crippen LogP contribution in [0.4, 0.5) is 23.2 Å². The lowest BCUT2D eigenvalue weighted by Gasteiger charge is -2.26. The van der Waals surface area contributed by atoms with Crippen LogP contribution in [0.2, 0.25) is 0 Å². The van der Waals surface area contributed by atoms with Crippen molar-refractivity contribution in [2.24, 2.45) is 18.5 Å². The number of rotatable bonds is 4. The maximum absolute atomic E-state index is 14.8. The summed E-state index contributed by atoms with van der Waals surface area (Å²) in [5.41, 5.74) is 15.3. The zero-order valence-electron chi connectivity index (χ0n) is 22.1. The van der Waals surface area contributed by atoms with Crippen LogP contribution in [0.5, 0.6) is 0 Å². The fourth-order valence-corrected chi connectivity index (χ4v) is 4.30. The number of guanidine groups is 2. The number of amides is 1. The van der Waals surface area contributed by atoms with E-state index in [0.717, 1.165) is 23.1 Å². The molecule has 8 N–H and O–H groups in total. The molecular formula is C26H30F4N8O3. The highest BCUT2D eigenvalue weighted by Gasteiger charge is 2.38. The van der Waals surface area contributed by atoms with Crippen LogP contribution in [0.25, 0.3) is 11.1 Å². The summed E-state index contributed by atoms with van der Waals surface area (Å²) < 4.78 is 48.3. The Bertz CT molecular complexity index is 1410. The maximum Gasteiger partial charge on any atom is 0.490 e. The van der Waals surface area contributed by atoms with E-state index in [9.17, 15) is 22.4 Å². The monoisotopic (exact) mass is 578 g/mol. The van der Waals surface area contributed by atoms with Crippen LogP contribution >= 0.6 is 0 Å². The zero-order valence-corrected chi connectivity index (χ0v) is 22.1. The minimum Gasteiger partial charge on any atom is -0.475 e. The van der Waals surface area contributed by atoms with Crippen molar-refractivity contribution in [3.05, 3.63) is 65.3 Å². The number of benzene rings is 1. The van der Waals surface area contributed by atoms with E-state index in [1.807, 2.05) is 24.4 Å². The summed E-state index contributed by atoms with van der Waals surface area (Å²) in [6, 6.07) is 6.51. The second-order valence-electron chi connectivity index (χ2n) is 9.30. The van der Waals surface area contributed by atoms with E-state index in [1.165, 1.54) is 6.07 Å². The molecule has 1 aromatic carbocycles. The molecule has 0 unspecified atom stereocenters. The highest BCUT2D eigenvalue weighted by molar-refractivity contribution is 6.04. The van der Waals surface area contributed by atoms with E-state index in [2.05, 4.69) is 5.32 Å². The van der Waals surface area contributed by atoms with Gasteiger partial charge in [-0.1, -0.05) is 12.2 Å². The molecule has 1 amide bonds. The van der Waals surface area contributed by atoms with Gasteiger partial charge < -0.3 is 36.3 Å². The number of carboxylic acids is 1. The summed E-state index contributed by atoms with van der Waals surface area (Å²) in [5, 5.41) is 25.0. The number of nitrogens with zero attached hydrogens (tertiary/aromatic N) is 3. The lowest BCUT2D eigenvalue weighted by molar-refractivity contribution is -0.192. The summed E-state index contributed by atoms with van der Waals surface area (Å²) in [5.74, 6) is -3.42. The average molecular weight is 579 g/mol. The van der Waals surface area contributed by atoms with Gasteiger partial charge in [-0.05, 0) is 53.8 Å². The Kier molecular flexibility index (Phi) is 9.42. The number of hydrogen-bond donors (Lipinski definition) is 6. The Morgan fingerprint density at radius 2 is 1.51 bits per heavy atom. The number of carboxylic acid groups (broad SMARTS) is 1. The molecule has 0 bridgehead atoms. The number of aliphatic carboxylic acids is 1. The van der Waals surface area contributed by atoms with Crippen molar-refractivity contribution in [3.63, 3.8) is 0 Å². The number of aromatic nitrogens is 1. The molecule has 1 aromatic heterocycles. The van der Waals surface area contributed by atoms with Gasteiger partial charge in [0.1, 0.15) is 11.5 Å². The quantitative estimate of drug-likeness (QED) is 0.183. The largest absolute Gasteiger partial charge is 0.490 e. The molecule has 0 atom stereocenters. The molecule has 0 aliphatic carbocycles. The number of hydrogen-bond acceptors (Lipinski definition) is 4. The average Bonchev–Trinajstić information content (AvgIpc) is 3.30. The number of carbonyl (C=O) groups excluding carboxylic acids is 1. The third-order valence-corrected chi connectivity index (χ3v) is 6.52. The van der Waals surface area contributed by atoms with Crippen LogP contribution < -0.4 is 16.8 Å². The molecule has 15 heteroatoms. The molecule has 41 heavy (non-hydrogen) atoms. The van der Waals surface area contributed by atoms with Gasteiger partial charge in [0.2, 0.25) is 0 Å². The van der Waals surface area contributed by atoms with Crippen LogP contribution in [-0.4, -0.2) is 75.6 Å². The fourth-order valence-electron chi connectivity index (χ4n) is 4.30. The third-order valence-electron chi connectivity index (χ3n) is 6.52. The molecule has 2 aliphatic rings. The van der Waals surface area contributed by atoms with Gasteiger partial charge in [-0.2, -0.15) is 13.2 Å². The smallest absolute Gasteiger partial charge is 0.475 e. The third kappa shape index (κ3) is 7.86. The second-order valence-corrected chi connectivity index (χ2v) is 9.30. The molecule has 11 nitrogen and oxygen atoms in total. The molecule has 3 heterocycles. The van der Waals surface area contributed by atoms with E-state index < -0.39 is 18.0 Å². The van der Waals surface area contributed by atoms with Crippen LogP contribution in [0.3, 0.4) is 0 Å². The van der Waals surface area contributed by atoms with Crippen molar-refractivity contribution < 1.29 is 32.3 Å². The van der Waals surface area contributed by atoms with Gasteiger partial charge in [-0.15, -0.1) is 0 Å². The first kappa shape index (κ1) is 30.7. The number of anilines is 1. The number of alkyl halides is 3. The molecule has 0 fully saturated rings. The number of nitrogens with one attached hydrogen (secondary N) is 3. The summed E-state index contributed by atoms with van der Waals surface area (Å²) >= 11 is 0. The number of carbonyl (C=O) groups is 2. The minimum absolute atomic E-state index is 0.00970. The fraction of sp³-hybridized carbons (Fsp3) is 0.308. The molecule has 0 saturated heterocycles. The van der Waals surface area contributed by atoms with Gasteiger partial charge in [0.25, 0.3) is 5.91 Å². The Morgan fingerprint density at radius 1 is 0.976 bits per heavy atom. The molecule has 4 rings (SSSR count). The lowest BCUT2D eigenvalue weighted by atomic mass is 9.98. The van der Waals surface area contributed by atoms with Crippen LogP contribution in [0, 0.1) is 16.6 Å². The van der Waals surface area contributed by atoms with Gasteiger partial charge in [0, 0.05) is 50.7 Å². The Balaban J connectivity index is 0.000000587. The van der Waals surface area contributed by atoms with Gasteiger partial charge in [-0.3, -0.25) is 15.6 Å². The molecule has 0 radical (unpaired) electrons. The first-order valence-corrected chi connectivity index (χ1v) is 12.3. The molecule has 2 aromatic rings. The van der Waals surface area contributed by atoms with Crippen LogP contribution in [0.15, 0.2) is 42.6 Å². The van der Waals surface area contributed by atoms with Gasteiger partial charge in [-0.25, -0.2) is 9.18 Å². The number of aryl methyl sites for hydroxylation is 1. The maximum atomic E-state index is 14.8. The van der Waals surface area contributed by atoms with E-state index in [1.54, 1.807) is 33.5 Å². The topological polar surface area (TPSA) is 178 Å². The minimum atomic E-state index is -5.08. The van der Waals surface area contributed by atoms with E-state index in [4.69, 9.17) is 32.2 Å². The van der Waals surface area contributed by atoms with Gasteiger partial charge in [0.15, 0.2) is 11.9 Å². The second kappa shape index (κ2) is 12.6. The first-order valence-electron chi connectivity index (χ1n) is 12.3. The van der Waals surface area contributed by atoms with E-state index in [-0.39, 0.29) is 17.8 Å². The van der Waals surface area contributed by atoms with Crippen LogP contribution in [-0.2, 0) is 11.8 Å². The molecular weight excluding hydrogens is 548 g/mol. The van der Waals surface area contributed by atoms with E-state index >= 15 is 0 Å². The first-order chi connectivity index (χ1) is 19.2. The summed E-state index contributed by atoms with van der Waals surface area (Å²) in [6.07, 6.45) is 2.04. The standard InChI is InChI=1S/C24H29FN8O.C2HF3O2/c1-31-14-17(15-4-8-32(9-5-15)23(26)27)12-21(31)22(34)30-18-2-3-19(20(25)13-18)16-6-10-33(11-7-16)24(28)29;3-2(4,5)1(6)7/h2-4,6,12-14H,5,7-11H2,1H3,(H3,26,27)(H3,28,29)(H,30,34);(H,6,7). The molecule has 2 aliphatic heterocycles. The van der Waals surface area contributed by atoms with E-state index in [0.29, 0.717) is 49.5 Å². The number of nitrogens with two attached hydrogens (primary N) is 2. The lowest BCUT2D eigenvalue weighted by Crippen LogP contribution is -2.39. The van der Waals surface area contributed by atoms with Crippen molar-refractivity contribution in [1.29, 1.82) is 10.8 Å². The normalized spacial score (nSPS) is 15.2. The number of halogens is 4. The summed E-state index contributed by atoms with van der Waals surface area (Å²) in [7, 11) is 1.80. The van der Waals surface area contributed by atoms with Crippen molar-refractivity contribution in [1.82, 2.24) is 14.4 Å². The predicted molar refractivity (Wildman–Crippen MR) is 146 cm³/mol. The molecule has 0 saturated carbocycles. The SMILES string of the molecule is Cn1cc(C2=CCN(C(=N)N)CC2)cc1C(=O)Nc1ccc(C2=CCN(C(=N)N)CC2)c(F)c1.O=C(O)C(F)(F)F.